The van der Waals surface area contributed by atoms with Crippen LogP contribution in [0.25, 0.3) is 0 Å². The maximum atomic E-state index is 12.5. The van der Waals surface area contributed by atoms with Crippen LogP contribution in [0.2, 0.25) is 0 Å². The molecule has 1 heterocycles. The van der Waals surface area contributed by atoms with E-state index in [9.17, 15) is 18.0 Å². The Morgan fingerprint density at radius 2 is 2.00 bits per heavy atom. The Morgan fingerprint density at radius 1 is 1.30 bits per heavy atom. The van der Waals surface area contributed by atoms with E-state index < -0.39 is 11.7 Å². The van der Waals surface area contributed by atoms with Crippen LogP contribution in [-0.4, -0.2) is 34.1 Å². The third-order valence-electron chi connectivity index (χ3n) is 4.08. The predicted octanol–water partition coefficient (Wildman–Crippen LogP) is 4.37. The lowest BCUT2D eigenvalue weighted by Gasteiger charge is -2.33. The average molecular weight is 346 g/mol. The third kappa shape index (κ3) is 5.12. The van der Waals surface area contributed by atoms with Crippen LogP contribution in [0.5, 0.6) is 0 Å². The van der Waals surface area contributed by atoms with Gasteiger partial charge >= 0.3 is 6.18 Å². The van der Waals surface area contributed by atoms with E-state index in [1.807, 2.05) is 11.8 Å². The van der Waals surface area contributed by atoms with Crippen molar-refractivity contribution < 1.29 is 18.0 Å². The topological polar surface area (TPSA) is 33.2 Å². The van der Waals surface area contributed by atoms with Gasteiger partial charge in [0.15, 0.2) is 0 Å². The molecule has 23 heavy (non-hydrogen) atoms. The highest BCUT2D eigenvalue weighted by Gasteiger charge is 2.30. The molecule has 0 radical (unpaired) electrons. The molecule has 1 aromatic heterocycles. The first-order valence-corrected chi connectivity index (χ1v) is 8.86. The summed E-state index contributed by atoms with van der Waals surface area (Å²) in [5.74, 6) is 0.244. The molecule has 0 saturated heterocycles. The summed E-state index contributed by atoms with van der Waals surface area (Å²) in [7, 11) is 0. The molecule has 1 aromatic rings. The van der Waals surface area contributed by atoms with Crippen molar-refractivity contribution in [2.24, 2.45) is 0 Å². The molecule has 1 aliphatic carbocycles. The van der Waals surface area contributed by atoms with Crippen molar-refractivity contribution in [1.29, 1.82) is 0 Å². The molecule has 1 amide bonds. The molecule has 1 fully saturated rings. The molecule has 0 bridgehead atoms. The van der Waals surface area contributed by atoms with E-state index in [0.717, 1.165) is 37.9 Å². The number of thioether (sulfide) groups is 1. The van der Waals surface area contributed by atoms with Crippen LogP contribution >= 0.6 is 11.8 Å². The first-order valence-electron chi connectivity index (χ1n) is 7.87. The van der Waals surface area contributed by atoms with Gasteiger partial charge in [0.05, 0.1) is 16.3 Å². The van der Waals surface area contributed by atoms with Crippen molar-refractivity contribution in [3.05, 3.63) is 23.9 Å². The van der Waals surface area contributed by atoms with Crippen molar-refractivity contribution in [3.8, 4) is 0 Å². The smallest absolute Gasteiger partial charge is 0.339 e. The molecule has 0 aromatic carbocycles. The number of alkyl halides is 3. The first-order chi connectivity index (χ1) is 10.9. The number of rotatable bonds is 5. The minimum atomic E-state index is -4.38. The van der Waals surface area contributed by atoms with E-state index in [1.54, 1.807) is 0 Å². The fourth-order valence-electron chi connectivity index (χ4n) is 2.88. The van der Waals surface area contributed by atoms with Crippen LogP contribution in [0.15, 0.2) is 23.4 Å². The lowest BCUT2D eigenvalue weighted by atomic mass is 9.94. The summed E-state index contributed by atoms with van der Waals surface area (Å²) in [4.78, 5) is 18.1. The van der Waals surface area contributed by atoms with Gasteiger partial charge in [-0.1, -0.05) is 31.0 Å². The minimum Gasteiger partial charge on any atom is -0.339 e. The number of pyridine rings is 1. The van der Waals surface area contributed by atoms with Crippen molar-refractivity contribution in [2.45, 2.75) is 56.3 Å². The molecule has 1 aliphatic rings. The van der Waals surface area contributed by atoms with Crippen LogP contribution < -0.4 is 0 Å². The maximum absolute atomic E-state index is 12.5. The maximum Gasteiger partial charge on any atom is 0.417 e. The Hall–Kier alpha value is -1.24. The fraction of sp³-hybridized carbons (Fsp3) is 0.625. The standard InChI is InChI=1S/C16H21F3N2OS/c1-2-21(13-6-4-3-5-7-13)15(22)11-23-14-9-8-12(10-20-14)16(17,18)19/h8-10,13H,2-7,11H2,1H3. The van der Waals surface area contributed by atoms with Crippen LogP contribution in [-0.2, 0) is 11.0 Å². The Morgan fingerprint density at radius 3 is 2.52 bits per heavy atom. The molecule has 2 rings (SSSR count). The zero-order chi connectivity index (χ0) is 16.9. The highest BCUT2D eigenvalue weighted by atomic mass is 32.2. The second-order valence-electron chi connectivity index (χ2n) is 5.64. The Bertz CT molecular complexity index is 513. The van der Waals surface area contributed by atoms with Gasteiger partial charge in [0.25, 0.3) is 0 Å². The Kier molecular flexibility index (Phi) is 6.33. The number of hydrogen-bond acceptors (Lipinski definition) is 3. The highest BCUT2D eigenvalue weighted by molar-refractivity contribution is 7.99. The van der Waals surface area contributed by atoms with Gasteiger partial charge in [-0.15, -0.1) is 0 Å². The summed E-state index contributed by atoms with van der Waals surface area (Å²) >= 11 is 1.19. The molecule has 0 aliphatic heterocycles. The van der Waals surface area contributed by atoms with E-state index in [1.165, 1.54) is 24.2 Å². The summed E-state index contributed by atoms with van der Waals surface area (Å²) in [6.07, 6.45) is 2.06. The van der Waals surface area contributed by atoms with Crippen molar-refractivity contribution in [1.82, 2.24) is 9.88 Å². The summed E-state index contributed by atoms with van der Waals surface area (Å²) in [6, 6.07) is 2.62. The summed E-state index contributed by atoms with van der Waals surface area (Å²) < 4.78 is 37.5. The van der Waals surface area contributed by atoms with E-state index in [4.69, 9.17) is 0 Å². The lowest BCUT2D eigenvalue weighted by molar-refractivity contribution is -0.138. The molecular formula is C16H21F3N2OS. The van der Waals surface area contributed by atoms with Crippen molar-refractivity contribution in [3.63, 3.8) is 0 Å². The number of halogens is 3. The Labute approximate surface area is 138 Å². The molecule has 1 saturated carbocycles. The number of amides is 1. The van der Waals surface area contributed by atoms with E-state index in [0.29, 0.717) is 17.6 Å². The minimum absolute atomic E-state index is 0.0334. The van der Waals surface area contributed by atoms with Gasteiger partial charge in [0, 0.05) is 18.8 Å². The average Bonchev–Trinajstić information content (AvgIpc) is 2.54. The van der Waals surface area contributed by atoms with Gasteiger partial charge in [-0.3, -0.25) is 4.79 Å². The monoisotopic (exact) mass is 346 g/mol. The summed E-state index contributed by atoms with van der Waals surface area (Å²) in [5.41, 5.74) is -0.773. The van der Waals surface area contributed by atoms with Crippen LogP contribution in [0.4, 0.5) is 13.2 Å². The molecule has 128 valence electrons. The van der Waals surface area contributed by atoms with Gasteiger partial charge in [-0.05, 0) is 31.9 Å². The van der Waals surface area contributed by atoms with Crippen molar-refractivity contribution in [2.75, 3.05) is 12.3 Å². The number of carbonyl (C=O) groups is 1. The Balaban J connectivity index is 1.89. The zero-order valence-corrected chi connectivity index (χ0v) is 13.9. The second-order valence-corrected chi connectivity index (χ2v) is 6.64. The molecule has 0 atom stereocenters. The van der Waals surface area contributed by atoms with E-state index in [2.05, 4.69) is 4.98 Å². The molecule has 0 spiro atoms. The van der Waals surface area contributed by atoms with Gasteiger partial charge in [-0.2, -0.15) is 13.2 Å². The first kappa shape index (κ1) is 18.1. The van der Waals surface area contributed by atoms with Crippen molar-refractivity contribution >= 4 is 17.7 Å². The molecule has 0 unspecified atom stereocenters. The zero-order valence-electron chi connectivity index (χ0n) is 13.1. The highest BCUT2D eigenvalue weighted by Crippen LogP contribution is 2.30. The normalized spacial score (nSPS) is 16.3. The van der Waals surface area contributed by atoms with E-state index >= 15 is 0 Å². The lowest BCUT2D eigenvalue weighted by Crippen LogP contribution is -2.42. The largest absolute Gasteiger partial charge is 0.417 e. The molecule has 7 heteroatoms. The van der Waals surface area contributed by atoms with Gasteiger partial charge in [0.2, 0.25) is 5.91 Å². The molecule has 0 N–H and O–H groups in total. The van der Waals surface area contributed by atoms with Gasteiger partial charge < -0.3 is 4.90 Å². The quantitative estimate of drug-likeness (QED) is 0.742. The number of nitrogens with zero attached hydrogens (tertiary/aromatic N) is 2. The van der Waals surface area contributed by atoms with Crippen LogP contribution in [0.1, 0.15) is 44.6 Å². The fourth-order valence-corrected chi connectivity index (χ4v) is 3.61. The number of carbonyl (C=O) groups excluding carboxylic acids is 1. The molecular weight excluding hydrogens is 325 g/mol. The SMILES string of the molecule is CCN(C(=O)CSc1ccc(C(F)(F)F)cn1)C1CCCCC1. The van der Waals surface area contributed by atoms with Gasteiger partial charge in [0.1, 0.15) is 0 Å². The molecule has 3 nitrogen and oxygen atoms in total. The van der Waals surface area contributed by atoms with Crippen LogP contribution in [0, 0.1) is 0 Å². The third-order valence-corrected chi connectivity index (χ3v) is 5.01. The number of hydrogen-bond donors (Lipinski definition) is 0. The predicted molar refractivity (Wildman–Crippen MR) is 84.2 cm³/mol. The van der Waals surface area contributed by atoms with E-state index in [-0.39, 0.29) is 11.7 Å². The number of aromatic nitrogens is 1. The summed E-state index contributed by atoms with van der Waals surface area (Å²) in [6.45, 7) is 2.64. The second kappa shape index (κ2) is 8.04. The van der Waals surface area contributed by atoms with Gasteiger partial charge in [-0.25, -0.2) is 4.98 Å². The van der Waals surface area contributed by atoms with Crippen LogP contribution in [0.3, 0.4) is 0 Å². The summed E-state index contributed by atoms with van der Waals surface area (Å²) in [5, 5.41) is 0.436.